The third kappa shape index (κ3) is 3.04. The molecular formula is C21H25N3O2. The summed E-state index contributed by atoms with van der Waals surface area (Å²) >= 11 is 0. The minimum atomic E-state index is 0.174. The van der Waals surface area contributed by atoms with Crippen LogP contribution in [0, 0.1) is 0 Å². The van der Waals surface area contributed by atoms with E-state index >= 15 is 0 Å². The Balaban J connectivity index is 1.83. The molecule has 0 radical (unpaired) electrons. The first-order valence-electron chi connectivity index (χ1n) is 9.04. The molecule has 1 unspecified atom stereocenters. The molecule has 0 bridgehead atoms. The second kappa shape index (κ2) is 7.40. The molecule has 0 amide bonds. The van der Waals surface area contributed by atoms with Gasteiger partial charge in [0.25, 0.3) is 0 Å². The Labute approximate surface area is 153 Å². The Morgan fingerprint density at radius 3 is 2.50 bits per heavy atom. The first-order valence-corrected chi connectivity index (χ1v) is 9.04. The molecule has 5 heteroatoms. The average molecular weight is 351 g/mol. The Kier molecular flexibility index (Phi) is 4.82. The molecule has 0 aliphatic carbocycles. The molecule has 1 fully saturated rings. The summed E-state index contributed by atoms with van der Waals surface area (Å²) in [6.07, 6.45) is 2.15. The minimum Gasteiger partial charge on any atom is -0.493 e. The van der Waals surface area contributed by atoms with Crippen LogP contribution in [0.3, 0.4) is 0 Å². The normalized spacial score (nSPS) is 16.5. The quantitative estimate of drug-likeness (QED) is 0.741. The number of piperazine rings is 1. The maximum absolute atomic E-state index is 5.56. The predicted molar refractivity (Wildman–Crippen MR) is 104 cm³/mol. The van der Waals surface area contributed by atoms with Gasteiger partial charge in [0.05, 0.1) is 20.3 Å². The van der Waals surface area contributed by atoms with Crippen LogP contribution in [0.1, 0.15) is 17.2 Å². The number of nitrogens with one attached hydrogen (secondary N) is 2. The zero-order valence-corrected chi connectivity index (χ0v) is 15.3. The number of fused-ring (bicyclic) bond motifs is 1. The molecule has 1 saturated heterocycles. The summed E-state index contributed by atoms with van der Waals surface area (Å²) in [5.74, 6) is 1.53. The van der Waals surface area contributed by atoms with Crippen LogP contribution in [0.25, 0.3) is 10.9 Å². The van der Waals surface area contributed by atoms with Crippen LogP contribution in [-0.4, -0.2) is 50.3 Å². The zero-order valence-electron chi connectivity index (χ0n) is 15.3. The average Bonchev–Trinajstić information content (AvgIpc) is 3.13. The van der Waals surface area contributed by atoms with Crippen molar-refractivity contribution in [3.05, 3.63) is 59.8 Å². The van der Waals surface area contributed by atoms with Gasteiger partial charge in [-0.1, -0.05) is 24.3 Å². The highest BCUT2D eigenvalue weighted by molar-refractivity contribution is 5.84. The smallest absolute Gasteiger partial charge is 0.161 e. The molecule has 1 atom stereocenters. The van der Waals surface area contributed by atoms with Gasteiger partial charge in [-0.2, -0.15) is 0 Å². The van der Waals surface area contributed by atoms with Gasteiger partial charge in [-0.25, -0.2) is 0 Å². The highest BCUT2D eigenvalue weighted by Crippen LogP contribution is 2.37. The fourth-order valence-electron chi connectivity index (χ4n) is 3.87. The molecule has 1 aromatic heterocycles. The number of benzene rings is 2. The van der Waals surface area contributed by atoms with Gasteiger partial charge in [0, 0.05) is 43.3 Å². The van der Waals surface area contributed by atoms with Crippen molar-refractivity contribution in [2.45, 2.75) is 6.04 Å². The molecule has 2 N–H and O–H groups in total. The second-order valence-electron chi connectivity index (χ2n) is 6.59. The van der Waals surface area contributed by atoms with Crippen LogP contribution >= 0.6 is 0 Å². The summed E-state index contributed by atoms with van der Waals surface area (Å²) in [6.45, 7) is 4.04. The van der Waals surface area contributed by atoms with E-state index in [-0.39, 0.29) is 6.04 Å². The van der Waals surface area contributed by atoms with E-state index in [4.69, 9.17) is 9.47 Å². The van der Waals surface area contributed by atoms with Crippen LogP contribution in [0.15, 0.2) is 48.7 Å². The van der Waals surface area contributed by atoms with E-state index in [2.05, 4.69) is 57.8 Å². The Morgan fingerprint density at radius 1 is 0.962 bits per heavy atom. The summed E-state index contributed by atoms with van der Waals surface area (Å²) in [6, 6.07) is 14.9. The molecule has 0 saturated carbocycles. The number of hydrogen-bond acceptors (Lipinski definition) is 4. The number of hydrogen-bond donors (Lipinski definition) is 2. The summed E-state index contributed by atoms with van der Waals surface area (Å²) in [4.78, 5) is 5.97. The van der Waals surface area contributed by atoms with Crippen LogP contribution < -0.4 is 14.8 Å². The fourth-order valence-corrected chi connectivity index (χ4v) is 3.87. The van der Waals surface area contributed by atoms with Crippen molar-refractivity contribution < 1.29 is 9.47 Å². The minimum absolute atomic E-state index is 0.174. The van der Waals surface area contributed by atoms with Gasteiger partial charge in [0.1, 0.15) is 0 Å². The third-order valence-corrected chi connectivity index (χ3v) is 5.16. The lowest BCUT2D eigenvalue weighted by atomic mass is 9.95. The maximum atomic E-state index is 5.56. The SMILES string of the molecule is COc1ccc(C(c2c[nH]c3ccccc23)N2CCNCC2)cc1OC. The number of ether oxygens (including phenoxy) is 2. The molecule has 136 valence electrons. The molecular weight excluding hydrogens is 326 g/mol. The zero-order chi connectivity index (χ0) is 17.9. The number of rotatable bonds is 5. The molecule has 5 nitrogen and oxygen atoms in total. The van der Waals surface area contributed by atoms with Crippen molar-refractivity contribution >= 4 is 10.9 Å². The van der Waals surface area contributed by atoms with E-state index in [1.165, 1.54) is 22.0 Å². The van der Waals surface area contributed by atoms with Gasteiger partial charge in [0.15, 0.2) is 11.5 Å². The van der Waals surface area contributed by atoms with Gasteiger partial charge in [-0.15, -0.1) is 0 Å². The number of aromatic amines is 1. The van der Waals surface area contributed by atoms with E-state index in [0.717, 1.165) is 37.7 Å². The van der Waals surface area contributed by atoms with Crippen LogP contribution in [0.4, 0.5) is 0 Å². The molecule has 1 aliphatic rings. The van der Waals surface area contributed by atoms with Gasteiger partial charge in [-0.3, -0.25) is 4.90 Å². The summed E-state index contributed by atoms with van der Waals surface area (Å²) in [5.41, 5.74) is 3.69. The topological polar surface area (TPSA) is 49.5 Å². The maximum Gasteiger partial charge on any atom is 0.161 e. The Morgan fingerprint density at radius 2 is 1.73 bits per heavy atom. The van der Waals surface area contributed by atoms with Crippen molar-refractivity contribution in [1.29, 1.82) is 0 Å². The number of methoxy groups -OCH3 is 2. The molecule has 1 aliphatic heterocycles. The largest absolute Gasteiger partial charge is 0.493 e. The number of aromatic nitrogens is 1. The number of H-pyrrole nitrogens is 1. The fraction of sp³-hybridized carbons (Fsp3) is 0.333. The Hall–Kier alpha value is -2.50. The lowest BCUT2D eigenvalue weighted by Crippen LogP contribution is -2.45. The van der Waals surface area contributed by atoms with Gasteiger partial charge >= 0.3 is 0 Å². The number of para-hydroxylation sites is 1. The first kappa shape index (κ1) is 16.9. The highest BCUT2D eigenvalue weighted by Gasteiger charge is 2.27. The summed E-state index contributed by atoms with van der Waals surface area (Å²) < 4.78 is 11.0. The Bertz CT molecular complexity index is 884. The second-order valence-corrected chi connectivity index (χ2v) is 6.59. The van der Waals surface area contributed by atoms with Crippen LogP contribution in [0.2, 0.25) is 0 Å². The van der Waals surface area contributed by atoms with Crippen LogP contribution in [-0.2, 0) is 0 Å². The van der Waals surface area contributed by atoms with Crippen molar-refractivity contribution in [3.8, 4) is 11.5 Å². The highest BCUT2D eigenvalue weighted by atomic mass is 16.5. The van der Waals surface area contributed by atoms with Crippen molar-refractivity contribution in [2.75, 3.05) is 40.4 Å². The van der Waals surface area contributed by atoms with Gasteiger partial charge < -0.3 is 19.8 Å². The molecule has 4 rings (SSSR count). The summed E-state index contributed by atoms with van der Waals surface area (Å²) in [5, 5.41) is 4.72. The van der Waals surface area contributed by atoms with E-state index in [9.17, 15) is 0 Å². The van der Waals surface area contributed by atoms with Crippen molar-refractivity contribution in [1.82, 2.24) is 15.2 Å². The van der Waals surface area contributed by atoms with Crippen molar-refractivity contribution in [2.24, 2.45) is 0 Å². The van der Waals surface area contributed by atoms with E-state index < -0.39 is 0 Å². The van der Waals surface area contributed by atoms with E-state index in [1.807, 2.05) is 6.07 Å². The molecule has 2 heterocycles. The standard InChI is InChI=1S/C21H25N3O2/c1-25-19-8-7-15(13-20(19)26-2)21(24-11-9-22-10-12-24)17-14-23-18-6-4-3-5-16(17)18/h3-8,13-14,21-23H,9-12H2,1-2H3. The number of nitrogens with zero attached hydrogens (tertiary/aromatic N) is 1. The molecule has 2 aromatic carbocycles. The van der Waals surface area contributed by atoms with Crippen LogP contribution in [0.5, 0.6) is 11.5 Å². The predicted octanol–water partition coefficient (Wildman–Crippen LogP) is 3.18. The molecule has 0 spiro atoms. The lowest BCUT2D eigenvalue weighted by Gasteiger charge is -2.35. The van der Waals surface area contributed by atoms with Crippen molar-refractivity contribution in [3.63, 3.8) is 0 Å². The molecule has 3 aromatic rings. The van der Waals surface area contributed by atoms with E-state index in [0.29, 0.717) is 0 Å². The first-order chi connectivity index (χ1) is 12.8. The summed E-state index contributed by atoms with van der Waals surface area (Å²) in [7, 11) is 3.36. The van der Waals surface area contributed by atoms with Gasteiger partial charge in [-0.05, 0) is 29.3 Å². The monoisotopic (exact) mass is 351 g/mol. The van der Waals surface area contributed by atoms with E-state index in [1.54, 1.807) is 14.2 Å². The molecule has 26 heavy (non-hydrogen) atoms. The lowest BCUT2D eigenvalue weighted by molar-refractivity contribution is 0.199. The van der Waals surface area contributed by atoms with Gasteiger partial charge in [0.2, 0.25) is 0 Å². The third-order valence-electron chi connectivity index (χ3n) is 5.16.